The van der Waals surface area contributed by atoms with Crippen LogP contribution in [0.2, 0.25) is 0 Å². The van der Waals surface area contributed by atoms with Crippen LogP contribution in [0.3, 0.4) is 0 Å². The number of nitrogens with one attached hydrogen (secondary N) is 1. The molecule has 22 nitrogen and oxygen atoms in total. The number of ether oxygens (including phenoxy) is 11. The van der Waals surface area contributed by atoms with Crippen molar-refractivity contribution in [3.05, 3.63) is 130 Å². The van der Waals surface area contributed by atoms with Gasteiger partial charge < -0.3 is 82.3 Å². The van der Waals surface area contributed by atoms with Gasteiger partial charge in [0.2, 0.25) is 23.6 Å². The highest BCUT2D eigenvalue weighted by Gasteiger charge is 2.26. The molecule has 0 spiro atoms. The molecule has 1 unspecified atom stereocenters. The quantitative estimate of drug-likeness (QED) is 0.0494. The highest BCUT2D eigenvalue weighted by molar-refractivity contribution is 5.87. The van der Waals surface area contributed by atoms with Crippen molar-refractivity contribution in [2.24, 2.45) is 4.99 Å². The summed E-state index contributed by atoms with van der Waals surface area (Å²) >= 11 is 0. The van der Waals surface area contributed by atoms with Gasteiger partial charge in [0.05, 0.1) is 137 Å². The molecule has 5 aliphatic rings. The first-order valence-electron chi connectivity index (χ1n) is 37.9. The molecule has 0 bridgehead atoms. The Bertz CT molecular complexity index is 3180. The van der Waals surface area contributed by atoms with Crippen molar-refractivity contribution in [3.8, 4) is 23.0 Å². The molecule has 5 aliphatic heterocycles. The van der Waals surface area contributed by atoms with Crippen LogP contribution in [-0.4, -0.2) is 205 Å². The van der Waals surface area contributed by atoms with Crippen molar-refractivity contribution in [2.45, 2.75) is 241 Å². The van der Waals surface area contributed by atoms with Crippen molar-refractivity contribution in [1.82, 2.24) is 20.0 Å². The molecule has 22 heteroatoms. The largest absolute Gasteiger partial charge is 0.496 e. The maximum atomic E-state index is 12.5. The lowest BCUT2D eigenvalue weighted by atomic mass is 10.0. The molecule has 3 saturated heterocycles. The fourth-order valence-electron chi connectivity index (χ4n) is 11.1. The van der Waals surface area contributed by atoms with E-state index in [0.29, 0.717) is 96.9 Å². The van der Waals surface area contributed by atoms with Crippen LogP contribution in [-0.2, 0) is 78.4 Å². The molecular weight excluding hydrogens is 1340 g/mol. The summed E-state index contributed by atoms with van der Waals surface area (Å²) in [5.41, 5.74) is 8.83. The van der Waals surface area contributed by atoms with Crippen LogP contribution in [0.5, 0.6) is 23.0 Å². The Morgan fingerprint density at radius 2 is 1.06 bits per heavy atom. The van der Waals surface area contributed by atoms with Crippen molar-refractivity contribution in [2.75, 3.05) is 102 Å². The maximum absolute atomic E-state index is 12.5. The number of aliphatic hydroxyl groups is 2. The average Bonchev–Trinajstić information content (AvgIpc) is 1.68. The summed E-state index contributed by atoms with van der Waals surface area (Å²) in [6, 6.07) is 24.3. The third kappa shape index (κ3) is 36.7. The summed E-state index contributed by atoms with van der Waals surface area (Å²) < 4.78 is 58.6. The van der Waals surface area contributed by atoms with Crippen LogP contribution in [0.4, 0.5) is 0 Å². The molecule has 105 heavy (non-hydrogen) atoms. The molecule has 3 fully saturated rings. The lowest BCUT2D eigenvalue weighted by Crippen LogP contribution is -2.38. The van der Waals surface area contributed by atoms with Gasteiger partial charge in [-0.2, -0.15) is 0 Å². The minimum Gasteiger partial charge on any atom is -0.496 e. The topological polar surface area (TPSA) is 248 Å². The van der Waals surface area contributed by atoms with E-state index in [-0.39, 0.29) is 54.1 Å². The monoisotopic (exact) mass is 1470 g/mol. The molecule has 0 aromatic heterocycles. The minimum atomic E-state index is -0.534. The lowest BCUT2D eigenvalue weighted by Gasteiger charge is -2.27. The van der Waals surface area contributed by atoms with Gasteiger partial charge in [-0.3, -0.25) is 24.2 Å². The van der Waals surface area contributed by atoms with E-state index in [9.17, 15) is 29.4 Å². The van der Waals surface area contributed by atoms with Crippen LogP contribution >= 0.6 is 0 Å². The normalized spacial score (nSPS) is 19.1. The number of hydrogen-bond donors (Lipinski definition) is 3. The van der Waals surface area contributed by atoms with E-state index in [4.69, 9.17) is 52.1 Å². The number of carbonyl (C=O) groups excluding carboxylic acids is 4. The Balaban J connectivity index is 0.000000328. The second kappa shape index (κ2) is 52.6. The van der Waals surface area contributed by atoms with Crippen LogP contribution in [0.15, 0.2) is 90.1 Å². The Labute approximate surface area is 629 Å². The Morgan fingerprint density at radius 1 is 0.581 bits per heavy atom. The number of epoxide rings is 1. The number of methoxy groups -OCH3 is 6. The van der Waals surface area contributed by atoms with Gasteiger partial charge in [0.1, 0.15) is 29.1 Å². The molecule has 4 amide bonds. The van der Waals surface area contributed by atoms with Crippen molar-refractivity contribution < 1.29 is 81.5 Å². The van der Waals surface area contributed by atoms with E-state index in [2.05, 4.69) is 70.1 Å². The lowest BCUT2D eigenvalue weighted by molar-refractivity contribution is -0.135. The van der Waals surface area contributed by atoms with Gasteiger partial charge in [-0.05, 0) is 151 Å². The zero-order chi connectivity index (χ0) is 77.6. The number of benzene rings is 4. The standard InChI is InChI=1S/C18H29NO4.C16H23NO3.C16H21NO3.C14H22O2.C8H15NO2.C7H13NO2.C4H8O/c1-6-16(20)12-19(18(21)10-14(3)22-4)11-15-8-7-13(2)9-17(15)23-5;2*1-4-14-11-17(16(18)7-8-20-14)10-13-6-5-12(2)9-15(13)19-3;1-4-13(15)7-5-6-12-9-8-11(2)10-14(12)16-3;1-3-7-6-9-8(10-2)4-5-11-7;1-2-6-5-8-7(9)3-4-10-6;1-2-4-3-5-4/h7-9,14,16,20H,6,10-12H2,1-5H3;5-6,9,14H,4,7-8,10-11H2,1-3H3;5-9,14H,4,10-11H2,1-3H3;8-10,13,15H,4-7H2,1-3H3;7H,3-6H2,1-2H3;6H,2-5H2,1H3,(H,8,9);4H,2-3H2,1H3/t14?,16-;2*14-;13-;7-;6-;4-/m1111111/s1. The summed E-state index contributed by atoms with van der Waals surface area (Å²) in [7, 11) is 9.90. The molecule has 0 aliphatic carbocycles. The second-order valence-electron chi connectivity index (χ2n) is 26.8. The average molecular weight is 1470 g/mol. The number of rotatable bonds is 26. The Morgan fingerprint density at radius 3 is 1.56 bits per heavy atom. The number of hydrogen-bond acceptors (Lipinski definition) is 18. The van der Waals surface area contributed by atoms with Gasteiger partial charge in [0.15, 0.2) is 5.90 Å². The Kier molecular flexibility index (Phi) is 46.1. The van der Waals surface area contributed by atoms with Crippen LogP contribution in [0.25, 0.3) is 0 Å². The zero-order valence-corrected chi connectivity index (χ0v) is 66.9. The summed E-state index contributed by atoms with van der Waals surface area (Å²) in [5.74, 6) is 4.41. The fourth-order valence-corrected chi connectivity index (χ4v) is 11.1. The molecular formula is C83H131N5O17. The molecule has 3 N–H and O–H groups in total. The van der Waals surface area contributed by atoms with E-state index in [1.807, 2.05) is 101 Å². The molecule has 0 radical (unpaired) electrons. The predicted octanol–water partition coefficient (Wildman–Crippen LogP) is 13.1. The van der Waals surface area contributed by atoms with Gasteiger partial charge in [0, 0.05) is 82.0 Å². The second-order valence-corrected chi connectivity index (χ2v) is 26.8. The molecule has 8 atom stereocenters. The number of aliphatic imine (C=N–C) groups is 1. The molecule has 590 valence electrons. The fraction of sp³-hybridized carbons (Fsp3) is 0.627. The van der Waals surface area contributed by atoms with Gasteiger partial charge in [-0.15, -0.1) is 0 Å². The summed E-state index contributed by atoms with van der Waals surface area (Å²) in [6.45, 7) is 31.7. The van der Waals surface area contributed by atoms with E-state index in [0.717, 1.165) is 140 Å². The van der Waals surface area contributed by atoms with Gasteiger partial charge in [-0.1, -0.05) is 97.0 Å². The summed E-state index contributed by atoms with van der Waals surface area (Å²) in [5, 5.41) is 22.2. The molecule has 4 aromatic carbocycles. The van der Waals surface area contributed by atoms with Crippen molar-refractivity contribution >= 4 is 29.5 Å². The summed E-state index contributed by atoms with van der Waals surface area (Å²) in [6.07, 6.45) is 14.9. The number of nitrogens with zero attached hydrogens (tertiary/aromatic N) is 4. The molecule has 5 heterocycles. The third-order valence-electron chi connectivity index (χ3n) is 18.4. The third-order valence-corrected chi connectivity index (χ3v) is 18.4. The van der Waals surface area contributed by atoms with Crippen LogP contribution in [0, 0.1) is 27.7 Å². The minimum absolute atomic E-state index is 0.0245. The van der Waals surface area contributed by atoms with E-state index in [1.54, 1.807) is 52.5 Å². The molecule has 9 rings (SSSR count). The van der Waals surface area contributed by atoms with Gasteiger partial charge in [-0.25, -0.2) is 0 Å². The smallest absolute Gasteiger partial charge is 0.250 e. The first kappa shape index (κ1) is 91.9. The van der Waals surface area contributed by atoms with E-state index < -0.39 is 6.10 Å². The number of amides is 4. The molecule has 0 saturated carbocycles. The van der Waals surface area contributed by atoms with Crippen molar-refractivity contribution in [1.29, 1.82) is 0 Å². The van der Waals surface area contributed by atoms with Crippen LogP contribution < -0.4 is 24.3 Å². The summed E-state index contributed by atoms with van der Waals surface area (Å²) in [4.78, 5) is 57.1. The number of carbonyl (C=O) groups is 4. The van der Waals surface area contributed by atoms with Gasteiger partial charge in [0.25, 0.3) is 0 Å². The Hall–Kier alpha value is -7.31. The van der Waals surface area contributed by atoms with E-state index in [1.165, 1.54) is 29.9 Å². The van der Waals surface area contributed by atoms with Crippen LogP contribution in [0.1, 0.15) is 183 Å². The first-order valence-corrected chi connectivity index (χ1v) is 37.9. The van der Waals surface area contributed by atoms with Crippen molar-refractivity contribution in [3.63, 3.8) is 0 Å². The SMILES string of the molecule is CC[C@@H](O)CCCc1ccc(C)cc1OC.CC[C@@H](O)CN(Cc1ccc(C)cc1OC)C(=O)CC(C)OC.CC[C@@H]1CN(Cc2ccc(C)cc2OC)C(=O)C=CO1.CC[C@@H]1CN(Cc2ccc(C)cc2OC)C(=O)CCO1.CC[C@@H]1CN=C(OC)CCO1.CC[C@@H]1CNC(=O)CCO1.CC[C@@H]1CO1. The zero-order valence-electron chi connectivity index (χ0n) is 66.9. The molecule has 4 aromatic rings. The van der Waals surface area contributed by atoms with E-state index >= 15 is 0 Å². The maximum Gasteiger partial charge on any atom is 0.250 e. The predicted molar refractivity (Wildman–Crippen MR) is 414 cm³/mol. The van der Waals surface area contributed by atoms with Gasteiger partial charge >= 0.3 is 0 Å². The highest BCUT2D eigenvalue weighted by Crippen LogP contribution is 2.27. The number of aliphatic hydroxyl groups excluding tert-OH is 2. The first-order chi connectivity index (χ1) is 50.5. The highest BCUT2D eigenvalue weighted by atomic mass is 16.6. The number of aryl methyl sites for hydroxylation is 5.